The van der Waals surface area contributed by atoms with Crippen LogP contribution in [-0.4, -0.2) is 30.1 Å². The fraction of sp³-hybridized carbons (Fsp3) is 0.200. The molecule has 7 heteroatoms. The number of carbonyl (C=O) groups excluding carboxylic acids is 1. The van der Waals surface area contributed by atoms with Crippen molar-refractivity contribution in [2.24, 2.45) is 0 Å². The number of hydrogen-bond donors (Lipinski definition) is 3. The summed E-state index contributed by atoms with van der Waals surface area (Å²) in [5.74, 6) is -2.81. The molecule has 0 heterocycles. The standard InChI is InChI=1S/C10H10BrFN2O3/c1-13-8(10(16)17)9(15)14-7-4-5(11)2-3-6(7)12/h2-4,8,13H,1H3,(H,14,15)(H,16,17). The van der Waals surface area contributed by atoms with Gasteiger partial charge in [-0.25, -0.2) is 9.18 Å². The lowest BCUT2D eigenvalue weighted by atomic mass is 10.2. The first kappa shape index (κ1) is 13.6. The zero-order valence-corrected chi connectivity index (χ0v) is 10.4. The van der Waals surface area contributed by atoms with Crippen molar-refractivity contribution < 1.29 is 19.1 Å². The Labute approximate surface area is 105 Å². The van der Waals surface area contributed by atoms with Crippen LogP contribution >= 0.6 is 15.9 Å². The van der Waals surface area contributed by atoms with Crippen LogP contribution in [0.2, 0.25) is 0 Å². The number of amides is 1. The maximum atomic E-state index is 13.3. The van der Waals surface area contributed by atoms with Gasteiger partial charge in [0.2, 0.25) is 0 Å². The summed E-state index contributed by atoms with van der Waals surface area (Å²) in [6.07, 6.45) is 0. The van der Waals surface area contributed by atoms with Crippen molar-refractivity contribution in [3.8, 4) is 0 Å². The van der Waals surface area contributed by atoms with Gasteiger partial charge in [0.1, 0.15) is 5.82 Å². The highest BCUT2D eigenvalue weighted by atomic mass is 79.9. The van der Waals surface area contributed by atoms with E-state index < -0.39 is 23.7 Å². The molecule has 0 saturated heterocycles. The van der Waals surface area contributed by atoms with Gasteiger partial charge in [0.05, 0.1) is 5.69 Å². The quantitative estimate of drug-likeness (QED) is 0.730. The fourth-order valence-corrected chi connectivity index (χ4v) is 1.53. The number of carboxylic acid groups (broad SMARTS) is 1. The first-order valence-corrected chi connectivity index (χ1v) is 5.41. The number of carbonyl (C=O) groups is 2. The van der Waals surface area contributed by atoms with E-state index >= 15 is 0 Å². The molecule has 92 valence electrons. The van der Waals surface area contributed by atoms with E-state index in [1.807, 2.05) is 0 Å². The SMILES string of the molecule is CNC(C(=O)O)C(=O)Nc1cc(Br)ccc1F. The Morgan fingerprint density at radius 2 is 2.12 bits per heavy atom. The fourth-order valence-electron chi connectivity index (χ4n) is 1.16. The van der Waals surface area contributed by atoms with Crippen LogP contribution in [0.15, 0.2) is 22.7 Å². The molecule has 0 bridgehead atoms. The molecular weight excluding hydrogens is 295 g/mol. The zero-order valence-electron chi connectivity index (χ0n) is 8.83. The van der Waals surface area contributed by atoms with E-state index in [1.165, 1.54) is 19.2 Å². The second-order valence-corrected chi connectivity index (χ2v) is 4.09. The number of halogens is 2. The van der Waals surface area contributed by atoms with E-state index in [0.29, 0.717) is 4.47 Å². The van der Waals surface area contributed by atoms with Crippen LogP contribution in [0.5, 0.6) is 0 Å². The zero-order chi connectivity index (χ0) is 13.0. The van der Waals surface area contributed by atoms with Crippen LogP contribution < -0.4 is 10.6 Å². The molecule has 0 fully saturated rings. The van der Waals surface area contributed by atoms with Crippen molar-refractivity contribution in [3.63, 3.8) is 0 Å². The normalized spacial score (nSPS) is 11.9. The summed E-state index contributed by atoms with van der Waals surface area (Å²) < 4.78 is 13.9. The Balaban J connectivity index is 2.87. The van der Waals surface area contributed by atoms with Gasteiger partial charge in [-0.1, -0.05) is 15.9 Å². The van der Waals surface area contributed by atoms with Crippen molar-refractivity contribution in [3.05, 3.63) is 28.5 Å². The van der Waals surface area contributed by atoms with E-state index in [1.54, 1.807) is 0 Å². The highest BCUT2D eigenvalue weighted by Gasteiger charge is 2.24. The molecule has 0 spiro atoms. The van der Waals surface area contributed by atoms with Gasteiger partial charge in [-0.3, -0.25) is 10.1 Å². The Kier molecular flexibility index (Phi) is 4.59. The van der Waals surface area contributed by atoms with Gasteiger partial charge < -0.3 is 10.4 Å². The first-order valence-electron chi connectivity index (χ1n) is 4.61. The predicted octanol–water partition coefficient (Wildman–Crippen LogP) is 1.20. The molecule has 1 unspecified atom stereocenters. The second kappa shape index (κ2) is 5.74. The minimum Gasteiger partial charge on any atom is -0.480 e. The average Bonchev–Trinajstić information content (AvgIpc) is 2.24. The molecule has 1 rings (SSSR count). The summed E-state index contributed by atoms with van der Waals surface area (Å²) in [6.45, 7) is 0. The highest BCUT2D eigenvalue weighted by Crippen LogP contribution is 2.20. The van der Waals surface area contributed by atoms with Crippen molar-refractivity contribution in [2.75, 3.05) is 12.4 Å². The summed E-state index contributed by atoms with van der Waals surface area (Å²) in [6, 6.07) is 2.56. The van der Waals surface area contributed by atoms with Crippen LogP contribution in [0.1, 0.15) is 0 Å². The number of carboxylic acids is 1. The van der Waals surface area contributed by atoms with E-state index in [2.05, 4.69) is 26.6 Å². The van der Waals surface area contributed by atoms with Crippen molar-refractivity contribution in [1.29, 1.82) is 0 Å². The molecule has 0 radical (unpaired) electrons. The van der Waals surface area contributed by atoms with E-state index in [9.17, 15) is 14.0 Å². The Hall–Kier alpha value is -1.47. The number of aliphatic carboxylic acids is 1. The summed E-state index contributed by atoms with van der Waals surface area (Å²) >= 11 is 3.12. The lowest BCUT2D eigenvalue weighted by Crippen LogP contribution is -2.44. The topological polar surface area (TPSA) is 78.4 Å². The predicted molar refractivity (Wildman–Crippen MR) is 63.2 cm³/mol. The molecule has 0 aliphatic heterocycles. The van der Waals surface area contributed by atoms with E-state index in [4.69, 9.17) is 5.11 Å². The number of nitrogens with one attached hydrogen (secondary N) is 2. The number of likely N-dealkylation sites (N-methyl/N-ethyl adjacent to an activating group) is 1. The van der Waals surface area contributed by atoms with Crippen LogP contribution in [0, 0.1) is 5.82 Å². The van der Waals surface area contributed by atoms with Gasteiger partial charge in [-0.15, -0.1) is 0 Å². The minimum atomic E-state index is -1.42. The lowest BCUT2D eigenvalue weighted by Gasteiger charge is -2.12. The van der Waals surface area contributed by atoms with Gasteiger partial charge in [0, 0.05) is 4.47 Å². The third kappa shape index (κ3) is 3.50. The van der Waals surface area contributed by atoms with E-state index in [-0.39, 0.29) is 5.69 Å². The summed E-state index contributed by atoms with van der Waals surface area (Å²) in [7, 11) is 1.33. The van der Waals surface area contributed by atoms with Crippen molar-refractivity contribution in [2.45, 2.75) is 6.04 Å². The third-order valence-electron chi connectivity index (χ3n) is 1.98. The van der Waals surface area contributed by atoms with E-state index in [0.717, 1.165) is 6.07 Å². The molecule has 17 heavy (non-hydrogen) atoms. The second-order valence-electron chi connectivity index (χ2n) is 3.17. The number of rotatable bonds is 4. The van der Waals surface area contributed by atoms with Gasteiger partial charge >= 0.3 is 5.97 Å². The molecule has 0 aromatic heterocycles. The average molecular weight is 305 g/mol. The number of benzene rings is 1. The number of anilines is 1. The molecule has 0 aliphatic carbocycles. The van der Waals surface area contributed by atoms with Crippen molar-refractivity contribution in [1.82, 2.24) is 5.32 Å². The van der Waals surface area contributed by atoms with Gasteiger partial charge in [0.25, 0.3) is 5.91 Å². The van der Waals surface area contributed by atoms with Crippen LogP contribution in [-0.2, 0) is 9.59 Å². The molecule has 3 N–H and O–H groups in total. The largest absolute Gasteiger partial charge is 0.480 e. The molecule has 1 aromatic rings. The summed E-state index contributed by atoms with van der Waals surface area (Å²) in [4.78, 5) is 22.2. The lowest BCUT2D eigenvalue weighted by molar-refractivity contribution is -0.142. The minimum absolute atomic E-state index is 0.0779. The number of hydrogen-bond acceptors (Lipinski definition) is 3. The van der Waals surface area contributed by atoms with Crippen LogP contribution in [0.4, 0.5) is 10.1 Å². The maximum Gasteiger partial charge on any atom is 0.330 e. The van der Waals surface area contributed by atoms with Crippen LogP contribution in [0.25, 0.3) is 0 Å². The van der Waals surface area contributed by atoms with Gasteiger partial charge in [-0.2, -0.15) is 0 Å². The van der Waals surface area contributed by atoms with Gasteiger partial charge in [-0.05, 0) is 25.2 Å². The molecule has 0 aliphatic rings. The molecular formula is C10H10BrFN2O3. The summed E-state index contributed by atoms with van der Waals surface area (Å²) in [5.41, 5.74) is -0.0779. The Morgan fingerprint density at radius 1 is 1.47 bits per heavy atom. The monoisotopic (exact) mass is 304 g/mol. The van der Waals surface area contributed by atoms with Crippen LogP contribution in [0.3, 0.4) is 0 Å². The first-order chi connectivity index (χ1) is 7.95. The highest BCUT2D eigenvalue weighted by molar-refractivity contribution is 9.10. The third-order valence-corrected chi connectivity index (χ3v) is 2.48. The van der Waals surface area contributed by atoms with Crippen molar-refractivity contribution >= 4 is 33.5 Å². The molecule has 1 aromatic carbocycles. The Morgan fingerprint density at radius 3 is 2.65 bits per heavy atom. The van der Waals surface area contributed by atoms with Gasteiger partial charge in [0.15, 0.2) is 6.04 Å². The summed E-state index contributed by atoms with van der Waals surface area (Å²) in [5, 5.41) is 13.2. The molecule has 5 nitrogen and oxygen atoms in total. The smallest absolute Gasteiger partial charge is 0.330 e. The molecule has 1 atom stereocenters. The molecule has 0 saturated carbocycles. The Bertz CT molecular complexity index is 453. The maximum absolute atomic E-state index is 13.3. The molecule has 1 amide bonds.